The van der Waals surface area contributed by atoms with Crippen LogP contribution in [0.15, 0.2) is 11.6 Å². The summed E-state index contributed by atoms with van der Waals surface area (Å²) in [6.45, 7) is 12.5. The molecule has 2 nitrogen and oxygen atoms in total. The molecule has 0 aromatic heterocycles. The van der Waals surface area contributed by atoms with Crippen LogP contribution >= 0.6 is 0 Å². The van der Waals surface area contributed by atoms with Gasteiger partial charge in [-0.15, -0.1) is 5.21 Å². The molecule has 2 heteroatoms. The molecule has 0 aromatic carbocycles. The van der Waals surface area contributed by atoms with E-state index in [1.54, 1.807) is 5.57 Å². The van der Waals surface area contributed by atoms with Crippen LogP contribution in [0.1, 0.15) is 105 Å². The van der Waals surface area contributed by atoms with E-state index in [1.165, 1.54) is 57.8 Å². The molecule has 4 aliphatic carbocycles. The topological polar surface area (TPSA) is 31.9 Å². The third-order valence-corrected chi connectivity index (χ3v) is 10.5. The zero-order valence-corrected chi connectivity index (χ0v) is 19.8. The number of fused-ring (bicyclic) bond motifs is 5. The van der Waals surface area contributed by atoms with Crippen molar-refractivity contribution < 1.29 is 5.21 Å². The molecular weight excluding hydrogens is 354 g/mol. The Balaban J connectivity index is 1.48. The Morgan fingerprint density at radius 3 is 2.55 bits per heavy atom. The molecule has 3 fully saturated rings. The van der Waals surface area contributed by atoms with Crippen LogP contribution in [-0.4, -0.2) is 6.04 Å². The third kappa shape index (κ3) is 3.75. The van der Waals surface area contributed by atoms with Crippen molar-refractivity contribution in [3.05, 3.63) is 11.6 Å². The molecule has 4 aliphatic rings. The maximum absolute atomic E-state index is 11.3. The molecule has 0 unspecified atom stereocenters. The van der Waals surface area contributed by atoms with Gasteiger partial charge in [0.15, 0.2) is 0 Å². The Labute approximate surface area is 180 Å². The Hall–Kier alpha value is -0.340. The minimum absolute atomic E-state index is 0.169. The standard InChI is InChI=1S/C27H46NO/c1-18(2)7-6-8-19(3)23-11-12-24-22-10-9-20-17-21(28-29)13-15-26(20,4)25(22)14-16-27(23,24)5/h9,18-19,21-25,28H,6-8,10-17H2,1-5H3/t19-,21+,22+,23-,24+,25+,26+,27-/m1/s1. The number of hydroxylamine groups is 1. The Morgan fingerprint density at radius 1 is 1.03 bits per heavy atom. The summed E-state index contributed by atoms with van der Waals surface area (Å²) in [7, 11) is 0. The lowest BCUT2D eigenvalue weighted by atomic mass is 9.47. The van der Waals surface area contributed by atoms with Gasteiger partial charge in [0.2, 0.25) is 0 Å². The van der Waals surface area contributed by atoms with E-state index in [0.717, 1.165) is 48.3 Å². The quantitative estimate of drug-likeness (QED) is 0.367. The molecule has 165 valence electrons. The summed E-state index contributed by atoms with van der Waals surface area (Å²) in [6, 6.07) is 0.169. The zero-order chi connectivity index (χ0) is 20.8. The van der Waals surface area contributed by atoms with E-state index in [4.69, 9.17) is 0 Å². The molecule has 0 aliphatic heterocycles. The molecule has 0 bridgehead atoms. The SMILES string of the molecule is CC(C)CCC[C@@H](C)[C@H]1CC[C@H]2[C@@H]3CC=C4C[C@@H](N[O])CC[C@]4(C)[C@H]3CC[C@]12C. The van der Waals surface area contributed by atoms with Gasteiger partial charge in [0.1, 0.15) is 0 Å². The second-order valence-corrected chi connectivity index (χ2v) is 12.3. The lowest BCUT2D eigenvalue weighted by Crippen LogP contribution is -2.51. The maximum Gasteiger partial charge on any atom is 0.0390 e. The van der Waals surface area contributed by atoms with E-state index in [2.05, 4.69) is 46.2 Å². The van der Waals surface area contributed by atoms with Crippen LogP contribution < -0.4 is 5.48 Å². The Kier molecular flexibility index (Phi) is 6.26. The van der Waals surface area contributed by atoms with Gasteiger partial charge < -0.3 is 0 Å². The largest absolute Gasteiger partial charge is 0.165 e. The molecule has 3 saturated carbocycles. The average Bonchev–Trinajstić information content (AvgIpc) is 3.04. The second-order valence-electron chi connectivity index (χ2n) is 12.3. The summed E-state index contributed by atoms with van der Waals surface area (Å²) in [6.07, 6.45) is 17.2. The summed E-state index contributed by atoms with van der Waals surface area (Å²) in [4.78, 5) is 0. The number of hydrogen-bond acceptors (Lipinski definition) is 1. The summed E-state index contributed by atoms with van der Waals surface area (Å²) < 4.78 is 0. The van der Waals surface area contributed by atoms with Crippen molar-refractivity contribution in [2.45, 2.75) is 111 Å². The normalized spacial score (nSPS) is 45.3. The Bertz CT molecular complexity index is 612. The second kappa shape index (κ2) is 8.30. The third-order valence-electron chi connectivity index (χ3n) is 10.5. The van der Waals surface area contributed by atoms with Gasteiger partial charge in [0, 0.05) is 6.04 Å². The summed E-state index contributed by atoms with van der Waals surface area (Å²) in [5, 5.41) is 11.3. The highest BCUT2D eigenvalue weighted by Gasteiger charge is 2.59. The molecule has 1 N–H and O–H groups in total. The first-order valence-electron chi connectivity index (χ1n) is 12.9. The van der Waals surface area contributed by atoms with Crippen molar-refractivity contribution in [1.82, 2.24) is 5.48 Å². The van der Waals surface area contributed by atoms with Crippen molar-refractivity contribution >= 4 is 0 Å². The number of rotatable bonds is 6. The van der Waals surface area contributed by atoms with Gasteiger partial charge in [0.25, 0.3) is 0 Å². The van der Waals surface area contributed by atoms with E-state index in [-0.39, 0.29) is 6.04 Å². The summed E-state index contributed by atoms with van der Waals surface area (Å²) >= 11 is 0. The van der Waals surface area contributed by atoms with Gasteiger partial charge in [-0.25, -0.2) is 0 Å². The molecule has 4 rings (SSSR count). The fourth-order valence-corrected chi connectivity index (χ4v) is 8.79. The van der Waals surface area contributed by atoms with Gasteiger partial charge in [-0.3, -0.25) is 0 Å². The highest BCUT2D eigenvalue weighted by molar-refractivity contribution is 5.25. The van der Waals surface area contributed by atoms with Crippen molar-refractivity contribution in [2.75, 3.05) is 0 Å². The van der Waals surface area contributed by atoms with Crippen LogP contribution in [0.25, 0.3) is 0 Å². The van der Waals surface area contributed by atoms with Gasteiger partial charge >= 0.3 is 0 Å². The molecule has 0 heterocycles. The molecule has 0 saturated heterocycles. The fourth-order valence-electron chi connectivity index (χ4n) is 8.79. The number of allylic oxidation sites excluding steroid dienone is 1. The van der Waals surface area contributed by atoms with Crippen molar-refractivity contribution in [1.29, 1.82) is 0 Å². The first kappa shape index (κ1) is 21.9. The van der Waals surface area contributed by atoms with Crippen LogP contribution in [0.2, 0.25) is 0 Å². The van der Waals surface area contributed by atoms with Gasteiger partial charge in [-0.05, 0) is 97.7 Å². The highest BCUT2D eigenvalue weighted by atomic mass is 16.5. The van der Waals surface area contributed by atoms with Crippen LogP contribution in [0, 0.1) is 46.3 Å². The predicted octanol–water partition coefficient (Wildman–Crippen LogP) is 7.33. The van der Waals surface area contributed by atoms with Crippen LogP contribution in [0.5, 0.6) is 0 Å². The number of nitrogens with one attached hydrogen (secondary N) is 1. The molecule has 0 aromatic rings. The smallest absolute Gasteiger partial charge is 0.0390 e. The molecule has 0 amide bonds. The van der Waals surface area contributed by atoms with E-state index >= 15 is 0 Å². The Morgan fingerprint density at radius 2 is 1.83 bits per heavy atom. The first-order chi connectivity index (χ1) is 13.8. The number of hydrogen-bond donors (Lipinski definition) is 1. The fraction of sp³-hybridized carbons (Fsp3) is 0.926. The van der Waals surface area contributed by atoms with E-state index < -0.39 is 0 Å². The van der Waals surface area contributed by atoms with Crippen molar-refractivity contribution in [3.63, 3.8) is 0 Å². The van der Waals surface area contributed by atoms with Gasteiger partial charge in [-0.1, -0.05) is 65.5 Å². The zero-order valence-electron chi connectivity index (χ0n) is 19.8. The minimum Gasteiger partial charge on any atom is -0.165 e. The predicted molar refractivity (Wildman–Crippen MR) is 121 cm³/mol. The maximum atomic E-state index is 11.3. The van der Waals surface area contributed by atoms with Gasteiger partial charge in [-0.2, -0.15) is 5.48 Å². The van der Waals surface area contributed by atoms with Crippen LogP contribution in [0.4, 0.5) is 0 Å². The average molecular weight is 401 g/mol. The van der Waals surface area contributed by atoms with E-state index in [9.17, 15) is 5.21 Å². The minimum atomic E-state index is 0.169. The molecule has 1 radical (unpaired) electrons. The first-order valence-corrected chi connectivity index (χ1v) is 12.9. The van der Waals surface area contributed by atoms with Gasteiger partial charge in [0.05, 0.1) is 0 Å². The van der Waals surface area contributed by atoms with E-state index in [0.29, 0.717) is 10.8 Å². The van der Waals surface area contributed by atoms with Crippen LogP contribution in [-0.2, 0) is 5.21 Å². The molecular formula is C27H46NO. The van der Waals surface area contributed by atoms with Crippen LogP contribution in [0.3, 0.4) is 0 Å². The lowest BCUT2D eigenvalue weighted by Gasteiger charge is -2.58. The van der Waals surface area contributed by atoms with E-state index in [1.807, 2.05) is 0 Å². The lowest BCUT2D eigenvalue weighted by molar-refractivity contribution is -0.0571. The molecule has 0 spiro atoms. The van der Waals surface area contributed by atoms with Crippen molar-refractivity contribution in [3.8, 4) is 0 Å². The highest BCUT2D eigenvalue weighted by Crippen LogP contribution is 2.67. The molecule has 8 atom stereocenters. The van der Waals surface area contributed by atoms with Crippen molar-refractivity contribution in [2.24, 2.45) is 46.3 Å². The monoisotopic (exact) mass is 400 g/mol. The summed E-state index contributed by atoms with van der Waals surface area (Å²) in [5.41, 5.74) is 4.89. The molecule has 29 heavy (non-hydrogen) atoms. The summed E-state index contributed by atoms with van der Waals surface area (Å²) in [5.74, 6) is 5.38.